The Kier molecular flexibility index (Phi) is 9.61. The maximum atomic E-state index is 13.0. The van der Waals surface area contributed by atoms with Crippen LogP contribution in [0, 0.1) is 0 Å². The molecule has 0 unspecified atom stereocenters. The number of rotatable bonds is 8. The molecule has 1 aromatic carbocycles. The van der Waals surface area contributed by atoms with Gasteiger partial charge in [-0.15, -0.1) is 0 Å². The van der Waals surface area contributed by atoms with E-state index in [1.165, 1.54) is 18.3 Å². The van der Waals surface area contributed by atoms with E-state index in [1.807, 2.05) is 0 Å². The van der Waals surface area contributed by atoms with Gasteiger partial charge in [0.2, 0.25) is 12.4 Å². The van der Waals surface area contributed by atoms with Gasteiger partial charge in [-0.25, -0.2) is 9.78 Å². The average Bonchev–Trinajstić information content (AvgIpc) is 3.25. The van der Waals surface area contributed by atoms with Crippen molar-refractivity contribution in [2.75, 3.05) is 12.4 Å². The Bertz CT molecular complexity index is 1220. The quantitative estimate of drug-likeness (QED) is 0.363. The number of hydrogen-bond acceptors (Lipinski definition) is 13. The lowest BCUT2D eigenvalue weighted by Crippen LogP contribution is -2.64. The fraction of sp³-hybridized carbons (Fsp3) is 0.391. The first kappa shape index (κ1) is 28.8. The van der Waals surface area contributed by atoms with Gasteiger partial charge in [0.05, 0.1) is 18.9 Å². The van der Waals surface area contributed by atoms with Gasteiger partial charge in [-0.3, -0.25) is 24.5 Å². The number of benzene rings is 1. The second kappa shape index (κ2) is 12.7. The third-order valence-electron chi connectivity index (χ3n) is 4.91. The standard InChI is InChI=1S/C23H23ClN2O11S/c1-10(27)33-16-17(34-11(2)28)19(35-12(3)29)22(37-18(16)21(31)32-4)36-14-8-6-5-7-13(14)20(30)26-23-25-9-15(24)38-23/h5-9,16-19,22H,1-4H3,(H,25,26,30)/t16-,17-,18-,19+,22+/m0/s1. The Labute approximate surface area is 225 Å². The molecule has 2 heterocycles. The molecule has 38 heavy (non-hydrogen) atoms. The van der Waals surface area contributed by atoms with Crippen LogP contribution in [-0.4, -0.2) is 72.6 Å². The zero-order valence-electron chi connectivity index (χ0n) is 20.5. The Hall–Kier alpha value is -3.75. The molecule has 1 aliphatic rings. The predicted octanol–water partition coefficient (Wildman–Crippen LogP) is 2.12. The molecule has 2 aromatic rings. The molecule has 13 nitrogen and oxygen atoms in total. The molecule has 1 aromatic heterocycles. The number of nitrogens with one attached hydrogen (secondary N) is 1. The summed E-state index contributed by atoms with van der Waals surface area (Å²) in [6.45, 7) is 3.21. The van der Waals surface area contributed by atoms with Gasteiger partial charge >= 0.3 is 23.9 Å². The number of thiazole rings is 1. The lowest BCUT2D eigenvalue weighted by molar-refractivity contribution is -0.282. The molecule has 1 amide bonds. The smallest absolute Gasteiger partial charge is 0.339 e. The molecule has 1 fully saturated rings. The number of methoxy groups -OCH3 is 1. The molecule has 5 atom stereocenters. The largest absolute Gasteiger partial charge is 0.467 e. The van der Waals surface area contributed by atoms with Crippen molar-refractivity contribution in [3.63, 3.8) is 0 Å². The van der Waals surface area contributed by atoms with E-state index in [0.29, 0.717) is 4.34 Å². The monoisotopic (exact) mass is 570 g/mol. The van der Waals surface area contributed by atoms with E-state index >= 15 is 0 Å². The zero-order valence-corrected chi connectivity index (χ0v) is 22.1. The van der Waals surface area contributed by atoms with Gasteiger partial charge < -0.3 is 28.4 Å². The number of hydrogen-bond donors (Lipinski definition) is 1. The van der Waals surface area contributed by atoms with Crippen LogP contribution in [0.2, 0.25) is 4.34 Å². The van der Waals surface area contributed by atoms with Crippen LogP contribution in [0.25, 0.3) is 0 Å². The molecule has 0 bridgehead atoms. The third-order valence-corrected chi connectivity index (χ3v) is 5.94. The third kappa shape index (κ3) is 7.18. The molecule has 204 valence electrons. The van der Waals surface area contributed by atoms with E-state index < -0.39 is 60.5 Å². The van der Waals surface area contributed by atoms with Crippen molar-refractivity contribution >= 4 is 57.9 Å². The van der Waals surface area contributed by atoms with Crippen LogP contribution in [0.1, 0.15) is 31.1 Å². The van der Waals surface area contributed by atoms with E-state index in [4.69, 9.17) is 40.0 Å². The van der Waals surface area contributed by atoms with Gasteiger partial charge in [0.25, 0.3) is 5.91 Å². The number of ether oxygens (including phenoxy) is 6. The fourth-order valence-corrected chi connectivity index (χ4v) is 4.34. The molecule has 0 radical (unpaired) electrons. The summed E-state index contributed by atoms with van der Waals surface area (Å²) in [7, 11) is 1.07. The van der Waals surface area contributed by atoms with E-state index in [0.717, 1.165) is 39.2 Å². The zero-order chi connectivity index (χ0) is 28.0. The normalized spacial score (nSPS) is 22.5. The minimum atomic E-state index is -1.65. The molecule has 1 saturated heterocycles. The Morgan fingerprint density at radius 2 is 1.55 bits per heavy atom. The summed E-state index contributed by atoms with van der Waals surface area (Å²) in [5.74, 6) is -4.16. The van der Waals surface area contributed by atoms with Gasteiger partial charge in [0, 0.05) is 20.8 Å². The molecular weight excluding hydrogens is 548 g/mol. The van der Waals surface area contributed by atoms with E-state index in [-0.39, 0.29) is 16.4 Å². The number of carbonyl (C=O) groups is 5. The minimum absolute atomic E-state index is 0.0183. The number of amides is 1. The van der Waals surface area contributed by atoms with Crippen molar-refractivity contribution < 1.29 is 52.4 Å². The molecule has 0 aliphatic carbocycles. The molecule has 0 spiro atoms. The van der Waals surface area contributed by atoms with Crippen molar-refractivity contribution in [2.45, 2.75) is 51.5 Å². The minimum Gasteiger partial charge on any atom is -0.467 e. The topological polar surface area (TPSA) is 166 Å². The molecule has 3 rings (SSSR count). The van der Waals surface area contributed by atoms with Gasteiger partial charge in [0.15, 0.2) is 23.4 Å². The lowest BCUT2D eigenvalue weighted by atomic mass is 9.97. The number of anilines is 1. The Balaban J connectivity index is 2.00. The van der Waals surface area contributed by atoms with E-state index in [2.05, 4.69) is 10.3 Å². The first-order valence-electron chi connectivity index (χ1n) is 10.9. The molecule has 0 saturated carbocycles. The van der Waals surface area contributed by atoms with Gasteiger partial charge in [0.1, 0.15) is 10.1 Å². The number of halogens is 1. The highest BCUT2D eigenvalue weighted by molar-refractivity contribution is 7.19. The van der Waals surface area contributed by atoms with E-state index in [9.17, 15) is 24.0 Å². The van der Waals surface area contributed by atoms with Gasteiger partial charge in [-0.1, -0.05) is 35.1 Å². The molecular formula is C23H23ClN2O11S. The number of para-hydroxylation sites is 1. The Morgan fingerprint density at radius 1 is 0.947 bits per heavy atom. The highest BCUT2D eigenvalue weighted by atomic mass is 35.5. The summed E-state index contributed by atoms with van der Waals surface area (Å²) in [5.41, 5.74) is 0.0183. The number of esters is 4. The van der Waals surface area contributed by atoms with Crippen molar-refractivity contribution in [3.05, 3.63) is 40.4 Å². The van der Waals surface area contributed by atoms with Crippen LogP contribution < -0.4 is 10.1 Å². The fourth-order valence-electron chi connectivity index (χ4n) is 3.53. The lowest BCUT2D eigenvalue weighted by Gasteiger charge is -2.43. The molecule has 1 N–H and O–H groups in total. The van der Waals surface area contributed by atoms with E-state index in [1.54, 1.807) is 12.1 Å². The van der Waals surface area contributed by atoms with Crippen LogP contribution in [0.4, 0.5) is 5.13 Å². The number of carbonyl (C=O) groups excluding carboxylic acids is 5. The SMILES string of the molecule is COC(=O)[C@H]1O[C@@H](Oc2ccccc2C(=O)Nc2ncc(Cl)s2)[C@H](OC(C)=O)[C@@H](OC(C)=O)[C@@H]1OC(C)=O. The maximum Gasteiger partial charge on any atom is 0.339 e. The summed E-state index contributed by atoms with van der Waals surface area (Å²) in [6.07, 6.45) is -6.53. The van der Waals surface area contributed by atoms with Crippen molar-refractivity contribution in [1.82, 2.24) is 4.98 Å². The second-order valence-corrected chi connectivity index (χ2v) is 9.37. The number of nitrogens with zero attached hydrogens (tertiary/aromatic N) is 1. The van der Waals surface area contributed by atoms with Gasteiger partial charge in [-0.05, 0) is 12.1 Å². The number of aromatic nitrogens is 1. The first-order chi connectivity index (χ1) is 18.0. The summed E-state index contributed by atoms with van der Waals surface area (Å²) in [4.78, 5) is 65.2. The van der Waals surface area contributed by atoms with Crippen LogP contribution >= 0.6 is 22.9 Å². The summed E-state index contributed by atoms with van der Waals surface area (Å²) >= 11 is 6.90. The predicted molar refractivity (Wildman–Crippen MR) is 129 cm³/mol. The highest BCUT2D eigenvalue weighted by Gasteiger charge is 2.56. The molecule has 1 aliphatic heterocycles. The summed E-state index contributed by atoms with van der Waals surface area (Å²) in [5, 5.41) is 2.80. The Morgan fingerprint density at radius 3 is 2.13 bits per heavy atom. The van der Waals surface area contributed by atoms with Crippen LogP contribution in [0.15, 0.2) is 30.5 Å². The second-order valence-electron chi connectivity index (χ2n) is 7.71. The average molecular weight is 571 g/mol. The maximum absolute atomic E-state index is 13.0. The van der Waals surface area contributed by atoms with Crippen LogP contribution in [-0.2, 0) is 42.9 Å². The van der Waals surface area contributed by atoms with Crippen molar-refractivity contribution in [1.29, 1.82) is 0 Å². The summed E-state index contributed by atoms with van der Waals surface area (Å²) in [6, 6.07) is 5.98. The van der Waals surface area contributed by atoms with Crippen LogP contribution in [0.3, 0.4) is 0 Å². The van der Waals surface area contributed by atoms with Crippen molar-refractivity contribution in [3.8, 4) is 5.75 Å². The van der Waals surface area contributed by atoms with Crippen LogP contribution in [0.5, 0.6) is 5.75 Å². The first-order valence-corrected chi connectivity index (χ1v) is 12.1. The molecule has 15 heteroatoms. The van der Waals surface area contributed by atoms with Crippen molar-refractivity contribution in [2.24, 2.45) is 0 Å². The van der Waals surface area contributed by atoms with Gasteiger partial charge in [-0.2, -0.15) is 0 Å². The summed E-state index contributed by atoms with van der Waals surface area (Å²) < 4.78 is 32.6. The highest BCUT2D eigenvalue weighted by Crippen LogP contribution is 2.32.